The Morgan fingerprint density at radius 3 is 2.56 bits per heavy atom. The number of ether oxygens (including phenoxy) is 1. The van der Waals surface area contributed by atoms with Crippen molar-refractivity contribution in [2.75, 3.05) is 13.7 Å². The third kappa shape index (κ3) is 2.70. The summed E-state index contributed by atoms with van der Waals surface area (Å²) >= 11 is 0. The van der Waals surface area contributed by atoms with Crippen molar-refractivity contribution < 1.29 is 13.9 Å². The third-order valence-corrected chi connectivity index (χ3v) is 3.63. The molecule has 0 aromatic heterocycles. The molecule has 1 fully saturated rings. The van der Waals surface area contributed by atoms with Gasteiger partial charge in [-0.3, -0.25) is 4.79 Å². The third-order valence-electron chi connectivity index (χ3n) is 3.63. The molecule has 0 radical (unpaired) electrons. The second kappa shape index (κ2) is 5.48. The summed E-state index contributed by atoms with van der Waals surface area (Å²) in [7, 11) is 1.43. The lowest BCUT2D eigenvalue weighted by Gasteiger charge is -2.39. The first kappa shape index (κ1) is 13.0. The molecule has 1 aromatic carbocycles. The minimum atomic E-state index is -0.339. The molecular formula is C14H18FNO2. The Bertz CT molecular complexity index is 412. The predicted molar refractivity (Wildman–Crippen MR) is 66.4 cm³/mol. The molecule has 1 N–H and O–H groups in total. The summed E-state index contributed by atoms with van der Waals surface area (Å²) in [5.74, 6) is -0.357. The van der Waals surface area contributed by atoms with Gasteiger partial charge in [0, 0.05) is 13.1 Å². The molecule has 1 aromatic rings. The Balaban J connectivity index is 1.84. The maximum Gasteiger partial charge on any atom is 0.313 e. The fourth-order valence-corrected chi connectivity index (χ4v) is 2.32. The zero-order valence-corrected chi connectivity index (χ0v) is 10.5. The number of hydrogen-bond donors (Lipinski definition) is 1. The van der Waals surface area contributed by atoms with Crippen LogP contribution in [0.4, 0.5) is 4.39 Å². The van der Waals surface area contributed by atoms with E-state index in [1.807, 2.05) is 0 Å². The number of halogens is 1. The van der Waals surface area contributed by atoms with Crippen molar-refractivity contribution >= 4 is 5.97 Å². The van der Waals surface area contributed by atoms with E-state index in [-0.39, 0.29) is 17.2 Å². The van der Waals surface area contributed by atoms with Crippen molar-refractivity contribution in [1.82, 2.24) is 5.32 Å². The fraction of sp³-hybridized carbons (Fsp3) is 0.500. The van der Waals surface area contributed by atoms with Crippen LogP contribution in [0.1, 0.15) is 24.8 Å². The number of rotatable bonds is 5. The first-order chi connectivity index (χ1) is 8.66. The van der Waals surface area contributed by atoms with Gasteiger partial charge in [-0.1, -0.05) is 18.6 Å². The summed E-state index contributed by atoms with van der Waals surface area (Å²) in [6.45, 7) is 1.26. The molecule has 0 saturated heterocycles. The van der Waals surface area contributed by atoms with Crippen LogP contribution in [0, 0.1) is 11.2 Å². The van der Waals surface area contributed by atoms with E-state index in [0.717, 1.165) is 24.8 Å². The highest BCUT2D eigenvalue weighted by atomic mass is 19.1. The Morgan fingerprint density at radius 1 is 1.39 bits per heavy atom. The van der Waals surface area contributed by atoms with E-state index in [4.69, 9.17) is 4.74 Å². The summed E-state index contributed by atoms with van der Waals surface area (Å²) < 4.78 is 17.6. The zero-order chi connectivity index (χ0) is 13.0. The molecule has 1 aliphatic rings. The molecule has 0 amide bonds. The van der Waals surface area contributed by atoms with Crippen LogP contribution in [0.25, 0.3) is 0 Å². The van der Waals surface area contributed by atoms with Gasteiger partial charge in [0.2, 0.25) is 0 Å². The van der Waals surface area contributed by atoms with Crippen molar-refractivity contribution in [3.8, 4) is 0 Å². The van der Waals surface area contributed by atoms with E-state index in [1.165, 1.54) is 19.2 Å². The van der Waals surface area contributed by atoms with E-state index >= 15 is 0 Å². The quantitative estimate of drug-likeness (QED) is 0.816. The topological polar surface area (TPSA) is 38.3 Å². The van der Waals surface area contributed by atoms with Crippen LogP contribution in [-0.2, 0) is 16.1 Å². The maximum absolute atomic E-state index is 12.7. The van der Waals surface area contributed by atoms with Crippen LogP contribution in [-0.4, -0.2) is 19.6 Å². The molecular weight excluding hydrogens is 233 g/mol. The van der Waals surface area contributed by atoms with Crippen molar-refractivity contribution in [2.45, 2.75) is 25.8 Å². The van der Waals surface area contributed by atoms with Gasteiger partial charge in [-0.05, 0) is 30.5 Å². The molecule has 0 bridgehead atoms. The van der Waals surface area contributed by atoms with Gasteiger partial charge in [0.15, 0.2) is 0 Å². The van der Waals surface area contributed by atoms with E-state index in [1.54, 1.807) is 12.1 Å². The lowest BCUT2D eigenvalue weighted by molar-refractivity contribution is -0.158. The van der Waals surface area contributed by atoms with Gasteiger partial charge in [0.05, 0.1) is 12.5 Å². The highest BCUT2D eigenvalue weighted by molar-refractivity contribution is 5.78. The van der Waals surface area contributed by atoms with Crippen LogP contribution < -0.4 is 5.32 Å². The first-order valence-electron chi connectivity index (χ1n) is 6.20. The number of benzene rings is 1. The summed E-state index contributed by atoms with van der Waals surface area (Å²) in [5.41, 5.74) is 0.671. The molecule has 0 spiro atoms. The number of hydrogen-bond acceptors (Lipinski definition) is 3. The van der Waals surface area contributed by atoms with E-state index < -0.39 is 0 Å². The molecule has 18 heavy (non-hydrogen) atoms. The smallest absolute Gasteiger partial charge is 0.313 e. The maximum atomic E-state index is 12.7. The molecule has 3 nitrogen and oxygen atoms in total. The molecule has 1 aliphatic carbocycles. The highest BCUT2D eigenvalue weighted by Crippen LogP contribution is 2.41. The summed E-state index contributed by atoms with van der Waals surface area (Å²) in [6, 6.07) is 6.37. The van der Waals surface area contributed by atoms with E-state index in [9.17, 15) is 9.18 Å². The van der Waals surface area contributed by atoms with Crippen LogP contribution in [0.2, 0.25) is 0 Å². The fourth-order valence-electron chi connectivity index (χ4n) is 2.32. The number of methoxy groups -OCH3 is 1. The monoisotopic (exact) mass is 251 g/mol. The van der Waals surface area contributed by atoms with Crippen LogP contribution in [0.3, 0.4) is 0 Å². The minimum Gasteiger partial charge on any atom is -0.469 e. The Labute approximate surface area is 106 Å². The van der Waals surface area contributed by atoms with Crippen LogP contribution in [0.5, 0.6) is 0 Å². The summed E-state index contributed by atoms with van der Waals surface area (Å²) in [4.78, 5) is 11.7. The molecule has 4 heteroatoms. The van der Waals surface area contributed by atoms with Crippen LogP contribution >= 0.6 is 0 Å². The Morgan fingerprint density at radius 2 is 2.06 bits per heavy atom. The van der Waals surface area contributed by atoms with Crippen LogP contribution in [0.15, 0.2) is 24.3 Å². The normalized spacial score (nSPS) is 17.0. The van der Waals surface area contributed by atoms with E-state index in [2.05, 4.69) is 5.32 Å². The average molecular weight is 251 g/mol. The molecule has 2 rings (SSSR count). The van der Waals surface area contributed by atoms with Gasteiger partial charge in [-0.2, -0.15) is 0 Å². The number of carbonyl (C=O) groups is 1. The average Bonchev–Trinajstić information content (AvgIpc) is 2.34. The van der Waals surface area contributed by atoms with Gasteiger partial charge >= 0.3 is 5.97 Å². The Hall–Kier alpha value is -1.42. The molecule has 98 valence electrons. The summed E-state index contributed by atoms with van der Waals surface area (Å²) in [6.07, 6.45) is 2.85. The number of carbonyl (C=O) groups excluding carboxylic acids is 1. The van der Waals surface area contributed by atoms with Gasteiger partial charge in [-0.25, -0.2) is 4.39 Å². The van der Waals surface area contributed by atoms with Gasteiger partial charge in [0.25, 0.3) is 0 Å². The summed E-state index contributed by atoms with van der Waals surface area (Å²) in [5, 5.41) is 3.26. The van der Waals surface area contributed by atoms with Gasteiger partial charge in [0.1, 0.15) is 5.82 Å². The minimum absolute atomic E-state index is 0.125. The Kier molecular flexibility index (Phi) is 3.97. The largest absolute Gasteiger partial charge is 0.469 e. The SMILES string of the molecule is COC(=O)C1(CNCc2ccc(F)cc2)CCC1. The van der Waals surface area contributed by atoms with Gasteiger partial charge in [-0.15, -0.1) is 0 Å². The molecule has 0 aliphatic heterocycles. The number of nitrogens with one attached hydrogen (secondary N) is 1. The van der Waals surface area contributed by atoms with Crippen molar-refractivity contribution in [3.05, 3.63) is 35.6 Å². The molecule has 1 saturated carbocycles. The standard InChI is InChI=1S/C14H18FNO2/c1-18-13(17)14(7-2-8-14)10-16-9-11-3-5-12(15)6-4-11/h3-6,16H,2,7-10H2,1H3. The van der Waals surface area contributed by atoms with Crippen molar-refractivity contribution in [3.63, 3.8) is 0 Å². The van der Waals surface area contributed by atoms with E-state index in [0.29, 0.717) is 13.1 Å². The predicted octanol–water partition coefficient (Wildman–Crippen LogP) is 2.26. The first-order valence-corrected chi connectivity index (χ1v) is 6.20. The van der Waals surface area contributed by atoms with Crippen molar-refractivity contribution in [1.29, 1.82) is 0 Å². The highest BCUT2D eigenvalue weighted by Gasteiger charge is 2.44. The number of esters is 1. The molecule has 0 unspecified atom stereocenters. The molecule has 0 atom stereocenters. The van der Waals surface area contributed by atoms with Crippen molar-refractivity contribution in [2.24, 2.45) is 5.41 Å². The second-order valence-electron chi connectivity index (χ2n) is 4.86. The zero-order valence-electron chi connectivity index (χ0n) is 10.5. The lowest BCUT2D eigenvalue weighted by Crippen LogP contribution is -2.46. The van der Waals surface area contributed by atoms with Gasteiger partial charge < -0.3 is 10.1 Å². The second-order valence-corrected chi connectivity index (χ2v) is 4.86. The molecule has 0 heterocycles. The lowest BCUT2D eigenvalue weighted by atomic mass is 9.68.